The molecule has 0 saturated carbocycles. The topological polar surface area (TPSA) is 0 Å². The Hall–Kier alpha value is -0.157. The Bertz CT molecular complexity index is 418. The number of allylic oxidation sites excluding steroid dienone is 8. The summed E-state index contributed by atoms with van der Waals surface area (Å²) in [5.41, 5.74) is 5.70. The summed E-state index contributed by atoms with van der Waals surface area (Å²) in [4.78, 5) is 0. The van der Waals surface area contributed by atoms with Crippen molar-refractivity contribution in [1.82, 2.24) is 0 Å². The Labute approximate surface area is 177 Å². The molecule has 2 aliphatic rings. The predicted molar refractivity (Wildman–Crippen MR) is 108 cm³/mol. The zero-order chi connectivity index (χ0) is 17.6. The van der Waals surface area contributed by atoms with Crippen molar-refractivity contribution in [3.63, 3.8) is 0 Å². The van der Waals surface area contributed by atoms with Crippen molar-refractivity contribution in [3.05, 3.63) is 46.6 Å². The Morgan fingerprint density at radius 2 is 1.08 bits per heavy atom. The normalized spacial score (nSPS) is 15.5. The molecule has 0 fully saturated rings. The summed E-state index contributed by atoms with van der Waals surface area (Å²) in [5.74, 6) is 0. The maximum absolute atomic E-state index is 3.41. The molecule has 0 unspecified atom stereocenters. The SMILES string of the molecule is CCCCCCC1=CCC(C)=[C-]1.CCCCCCC1=CCC(C)=[C-]1.[Zr+2]. The zero-order valence-corrected chi connectivity index (χ0v) is 19.6. The molecule has 25 heavy (non-hydrogen) atoms. The second kappa shape index (κ2) is 16.0. The first-order chi connectivity index (χ1) is 11.7. The van der Waals surface area contributed by atoms with Crippen molar-refractivity contribution in [2.45, 2.75) is 105 Å². The van der Waals surface area contributed by atoms with E-state index in [1.165, 1.54) is 86.5 Å². The van der Waals surface area contributed by atoms with Crippen LogP contribution in [0.4, 0.5) is 0 Å². The van der Waals surface area contributed by atoms with E-state index in [4.69, 9.17) is 0 Å². The first-order valence-electron chi connectivity index (χ1n) is 10.2. The van der Waals surface area contributed by atoms with Gasteiger partial charge in [-0.15, -0.1) is 0 Å². The van der Waals surface area contributed by atoms with Gasteiger partial charge in [-0.1, -0.05) is 105 Å². The number of hydrogen-bond donors (Lipinski definition) is 0. The molecule has 0 spiro atoms. The summed E-state index contributed by atoms with van der Waals surface area (Å²) in [6, 6.07) is 0. The molecule has 0 radical (unpaired) electrons. The van der Waals surface area contributed by atoms with Crippen LogP contribution in [0.5, 0.6) is 0 Å². The molecule has 0 nitrogen and oxygen atoms in total. The second-order valence-electron chi connectivity index (χ2n) is 7.30. The minimum absolute atomic E-state index is 0. The fraction of sp³-hybridized carbons (Fsp3) is 0.667. The van der Waals surface area contributed by atoms with Crippen LogP contribution in [0.1, 0.15) is 105 Å². The van der Waals surface area contributed by atoms with E-state index < -0.39 is 0 Å². The summed E-state index contributed by atoms with van der Waals surface area (Å²) >= 11 is 0. The van der Waals surface area contributed by atoms with Crippen molar-refractivity contribution in [3.8, 4) is 0 Å². The van der Waals surface area contributed by atoms with Gasteiger partial charge in [0.15, 0.2) is 0 Å². The molecule has 1 heteroatoms. The fourth-order valence-electron chi connectivity index (χ4n) is 3.12. The molecule has 0 aromatic carbocycles. The van der Waals surface area contributed by atoms with Gasteiger partial charge in [0.1, 0.15) is 0 Å². The average molecular weight is 418 g/mol. The van der Waals surface area contributed by atoms with Gasteiger partial charge in [-0.3, -0.25) is 0 Å². The maximum Gasteiger partial charge on any atom is 2.00 e. The summed E-state index contributed by atoms with van der Waals surface area (Å²) in [6.45, 7) is 8.83. The Morgan fingerprint density at radius 3 is 1.36 bits per heavy atom. The van der Waals surface area contributed by atoms with E-state index in [0.717, 1.165) is 12.8 Å². The van der Waals surface area contributed by atoms with Crippen molar-refractivity contribution in [2.24, 2.45) is 0 Å². The van der Waals surface area contributed by atoms with E-state index in [9.17, 15) is 0 Å². The maximum atomic E-state index is 3.41. The van der Waals surface area contributed by atoms with Crippen molar-refractivity contribution >= 4 is 0 Å². The molecule has 138 valence electrons. The monoisotopic (exact) mass is 416 g/mol. The minimum atomic E-state index is 0. The van der Waals surface area contributed by atoms with E-state index in [1.807, 2.05) is 0 Å². The molecule has 0 bridgehead atoms. The summed E-state index contributed by atoms with van der Waals surface area (Å²) < 4.78 is 0. The molecular weight excluding hydrogens is 379 g/mol. The summed E-state index contributed by atoms with van der Waals surface area (Å²) in [7, 11) is 0. The van der Waals surface area contributed by atoms with Crippen LogP contribution < -0.4 is 0 Å². The third-order valence-corrected chi connectivity index (χ3v) is 4.66. The smallest absolute Gasteiger partial charge is 0.250 e. The van der Waals surface area contributed by atoms with Gasteiger partial charge in [0.2, 0.25) is 0 Å². The van der Waals surface area contributed by atoms with Gasteiger partial charge < -0.3 is 0 Å². The Kier molecular flexibility index (Phi) is 15.9. The van der Waals surface area contributed by atoms with Crippen molar-refractivity contribution in [1.29, 1.82) is 0 Å². The van der Waals surface area contributed by atoms with Crippen LogP contribution in [0.15, 0.2) is 34.4 Å². The molecule has 0 aliphatic heterocycles. The van der Waals surface area contributed by atoms with Crippen LogP contribution in [0.2, 0.25) is 0 Å². The van der Waals surface area contributed by atoms with Crippen molar-refractivity contribution in [2.75, 3.05) is 0 Å². The zero-order valence-electron chi connectivity index (χ0n) is 17.1. The Morgan fingerprint density at radius 1 is 0.680 bits per heavy atom. The quantitative estimate of drug-likeness (QED) is 0.249. The molecule has 0 atom stereocenters. The minimum Gasteiger partial charge on any atom is -0.250 e. The molecule has 0 saturated heterocycles. The van der Waals surface area contributed by atoms with Crippen LogP contribution in [-0.4, -0.2) is 0 Å². The molecule has 0 amide bonds. The van der Waals surface area contributed by atoms with Gasteiger partial charge in [0.05, 0.1) is 0 Å². The molecular formula is C24H38Zr. The third-order valence-electron chi connectivity index (χ3n) is 4.66. The first kappa shape index (κ1) is 24.8. The second-order valence-corrected chi connectivity index (χ2v) is 7.30. The van der Waals surface area contributed by atoms with E-state index in [2.05, 4.69) is 52.0 Å². The fourth-order valence-corrected chi connectivity index (χ4v) is 3.12. The van der Waals surface area contributed by atoms with E-state index in [-0.39, 0.29) is 26.2 Å². The first-order valence-corrected chi connectivity index (χ1v) is 10.2. The average Bonchev–Trinajstić information content (AvgIpc) is 3.17. The molecule has 0 aromatic heterocycles. The Balaban J connectivity index is 0.000000443. The van der Waals surface area contributed by atoms with Gasteiger partial charge in [0, 0.05) is 0 Å². The number of unbranched alkanes of at least 4 members (excludes halogenated alkanes) is 6. The van der Waals surface area contributed by atoms with Gasteiger partial charge in [-0.25, -0.2) is 35.5 Å². The summed E-state index contributed by atoms with van der Waals surface area (Å²) in [6.07, 6.45) is 27.1. The predicted octanol–water partition coefficient (Wildman–Crippen LogP) is 8.07. The van der Waals surface area contributed by atoms with Crippen LogP contribution in [0.3, 0.4) is 0 Å². The van der Waals surface area contributed by atoms with Gasteiger partial charge in [-0.05, 0) is 0 Å². The van der Waals surface area contributed by atoms with Gasteiger partial charge >= 0.3 is 26.2 Å². The largest absolute Gasteiger partial charge is 2.00 e. The van der Waals surface area contributed by atoms with E-state index >= 15 is 0 Å². The van der Waals surface area contributed by atoms with Gasteiger partial charge in [-0.2, -0.15) is 11.1 Å². The number of hydrogen-bond acceptors (Lipinski definition) is 0. The van der Waals surface area contributed by atoms with Crippen LogP contribution >= 0.6 is 0 Å². The van der Waals surface area contributed by atoms with Crippen LogP contribution in [0.25, 0.3) is 0 Å². The third kappa shape index (κ3) is 12.8. The molecule has 0 aromatic rings. The van der Waals surface area contributed by atoms with Crippen molar-refractivity contribution < 1.29 is 26.2 Å². The van der Waals surface area contributed by atoms with E-state index in [0.29, 0.717) is 0 Å². The van der Waals surface area contributed by atoms with Crippen LogP contribution in [0, 0.1) is 12.2 Å². The molecule has 2 aliphatic carbocycles. The number of rotatable bonds is 10. The summed E-state index contributed by atoms with van der Waals surface area (Å²) in [5, 5.41) is 0. The molecule has 0 N–H and O–H groups in total. The molecule has 0 heterocycles. The standard InChI is InChI=1S/2C12H19.Zr/c2*1-3-4-5-6-7-12-9-8-11(2)10-12;/h2*9H,3-8H2,1-2H3;/q2*-1;+2. The van der Waals surface area contributed by atoms with E-state index in [1.54, 1.807) is 0 Å². The molecule has 2 rings (SSSR count). The van der Waals surface area contributed by atoms with Crippen LogP contribution in [-0.2, 0) is 26.2 Å². The van der Waals surface area contributed by atoms with Gasteiger partial charge in [0.25, 0.3) is 0 Å².